The van der Waals surface area contributed by atoms with Crippen LogP contribution in [-0.2, 0) is 11.2 Å². The minimum absolute atomic E-state index is 0.0378. The molecule has 0 unspecified atom stereocenters. The van der Waals surface area contributed by atoms with E-state index in [4.69, 9.17) is 0 Å². The first kappa shape index (κ1) is 14.0. The molecule has 1 rings (SSSR count). The van der Waals surface area contributed by atoms with E-state index in [-0.39, 0.29) is 18.5 Å². The van der Waals surface area contributed by atoms with Crippen molar-refractivity contribution in [2.24, 2.45) is 0 Å². The monoisotopic (exact) mass is 249 g/mol. The maximum Gasteiger partial charge on any atom is 0.315 e. The third-order valence-corrected chi connectivity index (χ3v) is 2.42. The molecule has 0 fully saturated rings. The van der Waals surface area contributed by atoms with E-state index in [1.807, 2.05) is 38.1 Å². The van der Waals surface area contributed by atoms with E-state index in [0.29, 0.717) is 6.54 Å². The van der Waals surface area contributed by atoms with Gasteiger partial charge in [-0.2, -0.15) is 0 Å². The van der Waals surface area contributed by atoms with Crippen molar-refractivity contribution in [1.29, 1.82) is 0 Å². The van der Waals surface area contributed by atoms with Gasteiger partial charge in [-0.1, -0.05) is 25.1 Å². The molecule has 0 spiro atoms. The number of rotatable bonds is 5. The van der Waals surface area contributed by atoms with E-state index in [1.165, 1.54) is 0 Å². The molecule has 0 aliphatic heterocycles. The fraction of sp³-hybridized carbons (Fsp3) is 0.385. The molecule has 5 nitrogen and oxygen atoms in total. The van der Waals surface area contributed by atoms with Crippen molar-refractivity contribution < 1.29 is 9.59 Å². The molecular formula is C13H19N3O2. The lowest BCUT2D eigenvalue weighted by atomic mass is 10.1. The number of carbonyl (C=O) groups excluding carboxylic acids is 2. The Balaban J connectivity index is 2.47. The number of hydrogen-bond acceptors (Lipinski definition) is 2. The van der Waals surface area contributed by atoms with Gasteiger partial charge < -0.3 is 16.0 Å². The molecule has 1 aromatic carbocycles. The van der Waals surface area contributed by atoms with Crippen molar-refractivity contribution in [3.63, 3.8) is 0 Å². The Hall–Kier alpha value is -2.04. The van der Waals surface area contributed by atoms with Crippen LogP contribution >= 0.6 is 0 Å². The topological polar surface area (TPSA) is 70.2 Å². The quantitative estimate of drug-likeness (QED) is 0.740. The van der Waals surface area contributed by atoms with E-state index in [0.717, 1.165) is 17.7 Å². The lowest BCUT2D eigenvalue weighted by Gasteiger charge is -2.10. The van der Waals surface area contributed by atoms with Crippen LogP contribution < -0.4 is 16.0 Å². The Morgan fingerprint density at radius 1 is 1.11 bits per heavy atom. The van der Waals surface area contributed by atoms with Crippen molar-refractivity contribution >= 4 is 17.6 Å². The van der Waals surface area contributed by atoms with Crippen molar-refractivity contribution in [2.75, 3.05) is 18.4 Å². The lowest BCUT2D eigenvalue weighted by Crippen LogP contribution is -2.39. The first-order valence-corrected chi connectivity index (χ1v) is 6.06. The van der Waals surface area contributed by atoms with Gasteiger partial charge in [0, 0.05) is 12.2 Å². The summed E-state index contributed by atoms with van der Waals surface area (Å²) in [5, 5.41) is 7.81. The number of benzene rings is 1. The van der Waals surface area contributed by atoms with Crippen LogP contribution in [0, 0.1) is 0 Å². The summed E-state index contributed by atoms with van der Waals surface area (Å²) in [5.41, 5.74) is 1.87. The zero-order valence-corrected chi connectivity index (χ0v) is 10.7. The highest BCUT2D eigenvalue weighted by Crippen LogP contribution is 2.14. The van der Waals surface area contributed by atoms with Gasteiger partial charge in [0.1, 0.15) is 0 Å². The smallest absolute Gasteiger partial charge is 0.315 e. The highest BCUT2D eigenvalue weighted by atomic mass is 16.2. The zero-order chi connectivity index (χ0) is 13.4. The average molecular weight is 249 g/mol. The normalized spacial score (nSPS) is 9.67. The molecule has 0 bridgehead atoms. The van der Waals surface area contributed by atoms with Crippen LogP contribution in [0.3, 0.4) is 0 Å². The van der Waals surface area contributed by atoms with Crippen LogP contribution in [0.1, 0.15) is 19.4 Å². The predicted molar refractivity (Wildman–Crippen MR) is 71.5 cm³/mol. The molecule has 98 valence electrons. The van der Waals surface area contributed by atoms with Crippen molar-refractivity contribution in [2.45, 2.75) is 20.3 Å². The minimum atomic E-state index is -0.337. The van der Waals surface area contributed by atoms with E-state index in [1.54, 1.807) is 0 Å². The molecule has 0 radical (unpaired) electrons. The molecule has 0 aliphatic carbocycles. The molecule has 18 heavy (non-hydrogen) atoms. The largest absolute Gasteiger partial charge is 0.338 e. The Kier molecular flexibility index (Phi) is 5.70. The molecule has 0 aliphatic rings. The van der Waals surface area contributed by atoms with E-state index < -0.39 is 0 Å². The summed E-state index contributed by atoms with van der Waals surface area (Å²) in [6.45, 7) is 4.34. The predicted octanol–water partition coefficient (Wildman–Crippen LogP) is 1.51. The number of anilines is 1. The van der Waals surface area contributed by atoms with Crippen LogP contribution in [0.15, 0.2) is 24.3 Å². The third-order valence-electron chi connectivity index (χ3n) is 2.42. The molecule has 0 saturated carbocycles. The number of amides is 3. The number of nitrogens with one attached hydrogen (secondary N) is 3. The van der Waals surface area contributed by atoms with Crippen molar-refractivity contribution in [1.82, 2.24) is 10.6 Å². The zero-order valence-electron chi connectivity index (χ0n) is 10.7. The summed E-state index contributed by atoms with van der Waals surface area (Å²) in [4.78, 5) is 22.8. The lowest BCUT2D eigenvalue weighted by molar-refractivity contribution is -0.115. The van der Waals surface area contributed by atoms with Crippen LogP contribution in [0.4, 0.5) is 10.5 Å². The van der Waals surface area contributed by atoms with Gasteiger partial charge >= 0.3 is 6.03 Å². The van der Waals surface area contributed by atoms with Gasteiger partial charge in [0.2, 0.25) is 5.91 Å². The fourth-order valence-corrected chi connectivity index (χ4v) is 1.53. The number of para-hydroxylation sites is 1. The molecule has 0 saturated heterocycles. The third kappa shape index (κ3) is 4.45. The Morgan fingerprint density at radius 2 is 1.83 bits per heavy atom. The summed E-state index contributed by atoms with van der Waals surface area (Å²) in [6, 6.07) is 7.28. The number of hydrogen-bond donors (Lipinski definition) is 3. The van der Waals surface area contributed by atoms with Crippen LogP contribution in [0.25, 0.3) is 0 Å². The van der Waals surface area contributed by atoms with E-state index >= 15 is 0 Å². The molecule has 0 aromatic heterocycles. The highest BCUT2D eigenvalue weighted by molar-refractivity contribution is 5.94. The van der Waals surface area contributed by atoms with Crippen LogP contribution in [0.5, 0.6) is 0 Å². The summed E-state index contributed by atoms with van der Waals surface area (Å²) in [5.74, 6) is -0.234. The SMILES string of the molecule is CCNC(=O)NCC(=O)Nc1ccccc1CC. The fourth-order valence-electron chi connectivity index (χ4n) is 1.53. The highest BCUT2D eigenvalue weighted by Gasteiger charge is 2.06. The standard InChI is InChI=1S/C13H19N3O2/c1-3-10-7-5-6-8-11(10)16-12(17)9-15-13(18)14-4-2/h5-8H,3-4,9H2,1-2H3,(H,16,17)(H2,14,15,18). The van der Waals surface area contributed by atoms with Gasteiger partial charge in [-0.25, -0.2) is 4.79 Å². The maximum absolute atomic E-state index is 11.6. The van der Waals surface area contributed by atoms with E-state index in [9.17, 15) is 9.59 Å². The second kappa shape index (κ2) is 7.32. The number of urea groups is 1. The first-order valence-electron chi connectivity index (χ1n) is 6.06. The molecule has 3 N–H and O–H groups in total. The molecule has 5 heteroatoms. The van der Waals surface area contributed by atoms with Gasteiger partial charge in [0.05, 0.1) is 6.54 Å². The first-order chi connectivity index (χ1) is 8.67. The van der Waals surface area contributed by atoms with Gasteiger partial charge in [-0.05, 0) is 25.0 Å². The molecule has 0 heterocycles. The summed E-state index contributed by atoms with van der Waals surface area (Å²) in [7, 11) is 0. The van der Waals surface area contributed by atoms with Gasteiger partial charge in [0.15, 0.2) is 0 Å². The summed E-state index contributed by atoms with van der Waals surface area (Å²) >= 11 is 0. The van der Waals surface area contributed by atoms with Gasteiger partial charge in [-0.3, -0.25) is 4.79 Å². The van der Waals surface area contributed by atoms with Gasteiger partial charge in [-0.15, -0.1) is 0 Å². The molecule has 0 atom stereocenters. The molecule has 3 amide bonds. The maximum atomic E-state index is 11.6. The van der Waals surface area contributed by atoms with Crippen molar-refractivity contribution in [3.8, 4) is 0 Å². The van der Waals surface area contributed by atoms with Crippen LogP contribution in [0.2, 0.25) is 0 Å². The van der Waals surface area contributed by atoms with E-state index in [2.05, 4.69) is 16.0 Å². The Bertz CT molecular complexity index is 418. The molecular weight excluding hydrogens is 230 g/mol. The summed E-state index contributed by atoms with van der Waals surface area (Å²) < 4.78 is 0. The van der Waals surface area contributed by atoms with Crippen LogP contribution in [-0.4, -0.2) is 25.0 Å². The number of carbonyl (C=O) groups is 2. The molecule has 1 aromatic rings. The second-order valence-electron chi connectivity index (χ2n) is 3.77. The Morgan fingerprint density at radius 3 is 2.50 bits per heavy atom. The second-order valence-corrected chi connectivity index (χ2v) is 3.77. The van der Waals surface area contributed by atoms with Crippen molar-refractivity contribution in [3.05, 3.63) is 29.8 Å². The average Bonchev–Trinajstić information content (AvgIpc) is 2.37. The summed E-state index contributed by atoms with van der Waals surface area (Å²) in [6.07, 6.45) is 0.847. The van der Waals surface area contributed by atoms with Gasteiger partial charge in [0.25, 0.3) is 0 Å². The minimum Gasteiger partial charge on any atom is -0.338 e. The Labute approximate surface area is 107 Å². The number of aryl methyl sites for hydroxylation is 1.